The summed E-state index contributed by atoms with van der Waals surface area (Å²) in [6, 6.07) is 6.18. The normalized spacial score (nSPS) is 12.9. The van der Waals surface area contributed by atoms with Crippen molar-refractivity contribution in [1.29, 1.82) is 0 Å². The minimum Gasteiger partial charge on any atom is -0.497 e. The molecule has 0 aromatic heterocycles. The van der Waals surface area contributed by atoms with Gasteiger partial charge >= 0.3 is 13.6 Å². The highest BCUT2D eigenvalue weighted by molar-refractivity contribution is 7.54. The van der Waals surface area contributed by atoms with Gasteiger partial charge in [-0.2, -0.15) is 0 Å². The van der Waals surface area contributed by atoms with Gasteiger partial charge in [0.15, 0.2) is 0 Å². The van der Waals surface area contributed by atoms with Crippen LogP contribution in [-0.2, 0) is 34.4 Å². The van der Waals surface area contributed by atoms with Crippen molar-refractivity contribution in [2.75, 3.05) is 26.5 Å². The number of nitrogens with one attached hydrogen (secondary N) is 1. The number of methoxy groups -OCH3 is 1. The van der Waals surface area contributed by atoms with Crippen LogP contribution in [0.2, 0.25) is 0 Å². The molecule has 0 radical (unpaired) electrons. The van der Waals surface area contributed by atoms with Crippen LogP contribution in [0, 0.1) is 0 Å². The largest absolute Gasteiger partial charge is 0.497 e. The number of ether oxygens (including phenoxy) is 2. The average molecular weight is 429 g/mol. The summed E-state index contributed by atoms with van der Waals surface area (Å²) in [5, 5.41) is 2.61. The summed E-state index contributed by atoms with van der Waals surface area (Å²) in [6.45, 7) is 8.85. The Morgan fingerprint density at radius 3 is 2.07 bits per heavy atom. The summed E-state index contributed by atoms with van der Waals surface area (Å²) in [7, 11) is -2.01. The molecule has 0 unspecified atom stereocenters. The predicted molar refractivity (Wildman–Crippen MR) is 110 cm³/mol. The van der Waals surface area contributed by atoms with E-state index in [1.54, 1.807) is 66.0 Å². The van der Waals surface area contributed by atoms with Gasteiger partial charge in [-0.3, -0.25) is 9.36 Å². The van der Waals surface area contributed by atoms with Crippen molar-refractivity contribution < 1.29 is 32.7 Å². The molecule has 0 aliphatic carbocycles. The van der Waals surface area contributed by atoms with E-state index in [2.05, 4.69) is 5.32 Å². The van der Waals surface area contributed by atoms with Gasteiger partial charge in [-0.05, 0) is 52.3 Å². The van der Waals surface area contributed by atoms with Gasteiger partial charge < -0.3 is 23.8 Å². The van der Waals surface area contributed by atoms with Crippen molar-refractivity contribution in [3.05, 3.63) is 29.8 Å². The Balaban J connectivity index is 2.95. The van der Waals surface area contributed by atoms with Crippen molar-refractivity contribution in [3.63, 3.8) is 0 Å². The van der Waals surface area contributed by atoms with E-state index < -0.39 is 37.3 Å². The van der Waals surface area contributed by atoms with Gasteiger partial charge in [-0.25, -0.2) is 4.79 Å². The van der Waals surface area contributed by atoms with Crippen LogP contribution in [0.25, 0.3) is 0 Å². The SMILES string of the molecule is CCOP(=O)(CC(=O)N[C@H](Cc1ccc(OC)cc1)C(=O)OC(C)(C)C)OCC. The molecular weight excluding hydrogens is 397 g/mol. The molecule has 0 aliphatic heterocycles. The molecule has 0 heterocycles. The Morgan fingerprint density at radius 2 is 1.62 bits per heavy atom. The number of hydrogen-bond donors (Lipinski definition) is 1. The van der Waals surface area contributed by atoms with Crippen LogP contribution in [0.5, 0.6) is 5.75 Å². The van der Waals surface area contributed by atoms with Gasteiger partial charge in [-0.15, -0.1) is 0 Å². The molecule has 0 saturated heterocycles. The Labute approximate surface area is 172 Å². The number of benzene rings is 1. The first-order valence-electron chi connectivity index (χ1n) is 9.55. The fourth-order valence-corrected chi connectivity index (χ4v) is 3.99. The van der Waals surface area contributed by atoms with E-state index in [4.69, 9.17) is 18.5 Å². The molecule has 1 aromatic carbocycles. The van der Waals surface area contributed by atoms with Gasteiger partial charge in [0.1, 0.15) is 23.6 Å². The van der Waals surface area contributed by atoms with Crippen LogP contribution in [0.4, 0.5) is 0 Å². The third-order valence-electron chi connectivity index (χ3n) is 3.61. The molecule has 0 fully saturated rings. The minimum atomic E-state index is -3.58. The molecule has 1 atom stereocenters. The molecule has 1 amide bonds. The second-order valence-corrected chi connectivity index (χ2v) is 9.36. The number of carbonyl (C=O) groups excluding carboxylic acids is 2. The van der Waals surface area contributed by atoms with E-state index in [1.165, 1.54) is 0 Å². The third-order valence-corrected chi connectivity index (χ3v) is 5.59. The first-order valence-corrected chi connectivity index (χ1v) is 11.3. The highest BCUT2D eigenvalue weighted by Gasteiger charge is 2.32. The summed E-state index contributed by atoms with van der Waals surface area (Å²) in [5.74, 6) is -0.509. The van der Waals surface area contributed by atoms with Crippen LogP contribution < -0.4 is 10.1 Å². The topological polar surface area (TPSA) is 100 Å². The maximum Gasteiger partial charge on any atom is 0.340 e. The monoisotopic (exact) mass is 429 g/mol. The van der Waals surface area contributed by atoms with Crippen molar-refractivity contribution in [3.8, 4) is 5.75 Å². The summed E-state index contributed by atoms with van der Waals surface area (Å²) < 4.78 is 33.5. The summed E-state index contributed by atoms with van der Waals surface area (Å²) >= 11 is 0. The summed E-state index contributed by atoms with van der Waals surface area (Å²) in [4.78, 5) is 25.2. The number of amides is 1. The fourth-order valence-electron chi connectivity index (χ4n) is 2.50. The van der Waals surface area contributed by atoms with Gasteiger partial charge in [0, 0.05) is 6.42 Å². The van der Waals surface area contributed by atoms with Gasteiger partial charge in [0.05, 0.1) is 20.3 Å². The summed E-state index contributed by atoms with van der Waals surface area (Å²) in [5.41, 5.74) is 0.0890. The van der Waals surface area contributed by atoms with Crippen molar-refractivity contribution >= 4 is 19.5 Å². The predicted octanol–water partition coefficient (Wildman–Crippen LogP) is 3.33. The first-order chi connectivity index (χ1) is 13.5. The highest BCUT2D eigenvalue weighted by Crippen LogP contribution is 2.47. The lowest BCUT2D eigenvalue weighted by molar-refractivity contribution is -0.158. The van der Waals surface area contributed by atoms with E-state index in [-0.39, 0.29) is 19.6 Å². The highest BCUT2D eigenvalue weighted by atomic mass is 31.2. The van der Waals surface area contributed by atoms with E-state index in [0.29, 0.717) is 5.75 Å². The maximum atomic E-state index is 12.6. The van der Waals surface area contributed by atoms with Crippen molar-refractivity contribution in [2.24, 2.45) is 0 Å². The molecule has 0 saturated carbocycles. The molecule has 29 heavy (non-hydrogen) atoms. The lowest BCUT2D eigenvalue weighted by Crippen LogP contribution is -2.46. The third kappa shape index (κ3) is 9.43. The van der Waals surface area contributed by atoms with E-state index in [0.717, 1.165) is 5.56 Å². The lowest BCUT2D eigenvalue weighted by atomic mass is 10.1. The smallest absolute Gasteiger partial charge is 0.340 e. The molecule has 1 N–H and O–H groups in total. The molecule has 0 bridgehead atoms. The quantitative estimate of drug-likeness (QED) is 0.425. The molecular formula is C20H32NO7P. The molecule has 0 aliphatic rings. The van der Waals surface area contributed by atoms with Gasteiger partial charge in [0.25, 0.3) is 0 Å². The molecule has 9 heteroatoms. The fraction of sp³-hybridized carbons (Fsp3) is 0.600. The summed E-state index contributed by atoms with van der Waals surface area (Å²) in [6.07, 6.45) is -0.269. The molecule has 164 valence electrons. The number of rotatable bonds is 11. The van der Waals surface area contributed by atoms with Crippen LogP contribution in [-0.4, -0.2) is 50.0 Å². The van der Waals surface area contributed by atoms with Crippen molar-refractivity contribution in [2.45, 2.75) is 52.7 Å². The maximum absolute atomic E-state index is 12.6. The first kappa shape index (κ1) is 25.1. The average Bonchev–Trinajstić information content (AvgIpc) is 2.60. The molecule has 0 spiro atoms. The van der Waals surface area contributed by atoms with E-state index >= 15 is 0 Å². The minimum absolute atomic E-state index is 0.145. The second-order valence-electron chi connectivity index (χ2n) is 7.31. The number of esters is 1. The Bertz CT molecular complexity index is 703. The zero-order valence-electron chi connectivity index (χ0n) is 18.0. The van der Waals surface area contributed by atoms with Crippen LogP contribution in [0.15, 0.2) is 24.3 Å². The number of carbonyl (C=O) groups is 2. The lowest BCUT2D eigenvalue weighted by Gasteiger charge is -2.25. The van der Waals surface area contributed by atoms with Gasteiger partial charge in [0.2, 0.25) is 5.91 Å². The number of hydrogen-bond acceptors (Lipinski definition) is 7. The molecule has 1 rings (SSSR count). The zero-order chi connectivity index (χ0) is 22.1. The standard InChI is InChI=1S/C20H32NO7P/c1-7-26-29(24,27-8-2)14-18(22)21-17(19(23)28-20(3,4)5)13-15-9-11-16(25-6)12-10-15/h9-12,17H,7-8,13-14H2,1-6H3,(H,21,22)/t17-/m1/s1. The Hall–Kier alpha value is -1.89. The Morgan fingerprint density at radius 1 is 1.07 bits per heavy atom. The second kappa shape index (κ2) is 11.3. The Kier molecular flexibility index (Phi) is 9.83. The van der Waals surface area contributed by atoms with Crippen LogP contribution >= 0.6 is 7.60 Å². The van der Waals surface area contributed by atoms with E-state index in [9.17, 15) is 14.2 Å². The molecule has 1 aromatic rings. The van der Waals surface area contributed by atoms with Crippen molar-refractivity contribution in [1.82, 2.24) is 5.32 Å². The zero-order valence-corrected chi connectivity index (χ0v) is 18.9. The van der Waals surface area contributed by atoms with Gasteiger partial charge in [-0.1, -0.05) is 12.1 Å². The van der Waals surface area contributed by atoms with Crippen LogP contribution in [0.3, 0.4) is 0 Å². The van der Waals surface area contributed by atoms with Crippen LogP contribution in [0.1, 0.15) is 40.2 Å². The molecule has 8 nitrogen and oxygen atoms in total. The van der Waals surface area contributed by atoms with E-state index in [1.807, 2.05) is 0 Å².